The molecule has 0 saturated carbocycles. The molecular weight excluding hydrogens is 261 g/mol. The molecule has 0 amide bonds. The third kappa shape index (κ3) is 3.00. The zero-order chi connectivity index (χ0) is 10.1. The first-order valence-corrected chi connectivity index (χ1v) is 5.20. The van der Waals surface area contributed by atoms with Crippen LogP contribution in [0.4, 0.5) is 5.95 Å². The van der Waals surface area contributed by atoms with E-state index in [0.717, 1.165) is 36.6 Å². The second-order valence-corrected chi connectivity index (χ2v) is 3.79. The molecule has 94 valence electrons. The van der Waals surface area contributed by atoms with Crippen molar-refractivity contribution in [2.75, 3.05) is 18.4 Å². The molecule has 1 fully saturated rings. The Morgan fingerprint density at radius 2 is 2.24 bits per heavy atom. The zero-order valence-electron chi connectivity index (χ0n) is 9.14. The van der Waals surface area contributed by atoms with E-state index < -0.39 is 0 Å². The fraction of sp³-hybridized carbons (Fsp3) is 0.400. The lowest BCUT2D eigenvalue weighted by atomic mass is 10.3. The zero-order valence-corrected chi connectivity index (χ0v) is 10.8. The van der Waals surface area contributed by atoms with Gasteiger partial charge in [0.15, 0.2) is 5.65 Å². The molecular formula is C10H15Cl2N5. The van der Waals surface area contributed by atoms with E-state index in [1.807, 2.05) is 12.1 Å². The van der Waals surface area contributed by atoms with Crippen LogP contribution in [0.25, 0.3) is 11.2 Å². The lowest BCUT2D eigenvalue weighted by Gasteiger charge is -2.08. The standard InChI is InChI=1S/C10H13N5.2ClH/c1-2-8-9(12-4-1)15-10(14-8)13-7-3-5-11-6-7;;/h1-2,4,7,11H,3,5-6H2,(H2,12,13,14,15);2*1H. The number of hydrogen-bond donors (Lipinski definition) is 3. The molecule has 2 aromatic rings. The molecule has 5 nitrogen and oxygen atoms in total. The van der Waals surface area contributed by atoms with Crippen molar-refractivity contribution in [3.8, 4) is 0 Å². The summed E-state index contributed by atoms with van der Waals surface area (Å²) in [7, 11) is 0. The van der Waals surface area contributed by atoms with E-state index >= 15 is 0 Å². The largest absolute Gasteiger partial charge is 0.352 e. The van der Waals surface area contributed by atoms with Gasteiger partial charge in [-0.25, -0.2) is 4.98 Å². The molecule has 17 heavy (non-hydrogen) atoms. The molecule has 2 aromatic heterocycles. The number of aromatic nitrogens is 3. The van der Waals surface area contributed by atoms with E-state index in [1.165, 1.54) is 0 Å². The van der Waals surface area contributed by atoms with Gasteiger partial charge in [-0.3, -0.25) is 0 Å². The van der Waals surface area contributed by atoms with Crippen LogP contribution in [0.2, 0.25) is 0 Å². The van der Waals surface area contributed by atoms with Crippen LogP contribution >= 0.6 is 24.8 Å². The van der Waals surface area contributed by atoms with Crippen LogP contribution in [0.15, 0.2) is 18.3 Å². The fourth-order valence-electron chi connectivity index (χ4n) is 1.88. The molecule has 0 radical (unpaired) electrons. The number of imidazole rings is 1. The van der Waals surface area contributed by atoms with Gasteiger partial charge in [0.25, 0.3) is 0 Å². The third-order valence-corrected chi connectivity index (χ3v) is 2.66. The Balaban J connectivity index is 0.000000722. The van der Waals surface area contributed by atoms with Crippen LogP contribution in [0.3, 0.4) is 0 Å². The van der Waals surface area contributed by atoms with Gasteiger partial charge in [0.05, 0.1) is 5.52 Å². The molecule has 7 heteroatoms. The average Bonchev–Trinajstić information content (AvgIpc) is 2.86. The van der Waals surface area contributed by atoms with Crippen molar-refractivity contribution >= 4 is 41.9 Å². The minimum absolute atomic E-state index is 0. The highest BCUT2D eigenvalue weighted by Gasteiger charge is 2.15. The van der Waals surface area contributed by atoms with Crippen molar-refractivity contribution in [3.05, 3.63) is 18.3 Å². The van der Waals surface area contributed by atoms with Gasteiger partial charge >= 0.3 is 0 Å². The number of anilines is 1. The number of halogens is 2. The highest BCUT2D eigenvalue weighted by atomic mass is 35.5. The van der Waals surface area contributed by atoms with E-state index in [0.29, 0.717) is 6.04 Å². The number of nitrogens with one attached hydrogen (secondary N) is 3. The monoisotopic (exact) mass is 275 g/mol. The lowest BCUT2D eigenvalue weighted by molar-refractivity contribution is 0.784. The van der Waals surface area contributed by atoms with Crippen molar-refractivity contribution in [3.63, 3.8) is 0 Å². The fourth-order valence-corrected chi connectivity index (χ4v) is 1.88. The van der Waals surface area contributed by atoms with Crippen LogP contribution in [-0.2, 0) is 0 Å². The normalized spacial score (nSPS) is 18.5. The summed E-state index contributed by atoms with van der Waals surface area (Å²) in [5.74, 6) is 0.817. The molecule has 1 aliphatic rings. The van der Waals surface area contributed by atoms with Crippen molar-refractivity contribution in [1.29, 1.82) is 0 Å². The van der Waals surface area contributed by atoms with Gasteiger partial charge in [-0.1, -0.05) is 0 Å². The average molecular weight is 276 g/mol. The molecule has 1 unspecified atom stereocenters. The second kappa shape index (κ2) is 6.05. The number of aromatic amines is 1. The number of pyridine rings is 1. The van der Waals surface area contributed by atoms with Crippen LogP contribution in [0.5, 0.6) is 0 Å². The molecule has 3 N–H and O–H groups in total. The van der Waals surface area contributed by atoms with Crippen LogP contribution in [0.1, 0.15) is 6.42 Å². The summed E-state index contributed by atoms with van der Waals surface area (Å²) in [4.78, 5) is 11.8. The Labute approximate surface area is 112 Å². The van der Waals surface area contributed by atoms with Crippen molar-refractivity contribution in [2.24, 2.45) is 0 Å². The summed E-state index contributed by atoms with van der Waals surface area (Å²) in [5, 5.41) is 6.67. The predicted octanol–water partition coefficient (Wildman–Crippen LogP) is 1.58. The summed E-state index contributed by atoms with van der Waals surface area (Å²) < 4.78 is 0. The Kier molecular flexibility index (Phi) is 4.99. The van der Waals surface area contributed by atoms with Crippen molar-refractivity contribution < 1.29 is 0 Å². The molecule has 1 aliphatic heterocycles. The van der Waals surface area contributed by atoms with Gasteiger partial charge in [-0.15, -0.1) is 24.8 Å². The maximum absolute atomic E-state index is 4.37. The molecule has 0 aliphatic carbocycles. The van der Waals surface area contributed by atoms with Crippen LogP contribution in [-0.4, -0.2) is 34.1 Å². The van der Waals surface area contributed by atoms with E-state index in [4.69, 9.17) is 0 Å². The lowest BCUT2D eigenvalue weighted by Crippen LogP contribution is -2.22. The molecule has 3 heterocycles. The summed E-state index contributed by atoms with van der Waals surface area (Å²) >= 11 is 0. The first-order valence-electron chi connectivity index (χ1n) is 5.20. The van der Waals surface area contributed by atoms with Gasteiger partial charge < -0.3 is 15.6 Å². The Bertz CT molecular complexity index is 433. The SMILES string of the molecule is Cl.Cl.c1cnc2nc(NC3CCNC3)[nH]c2c1. The van der Waals surface area contributed by atoms with E-state index in [-0.39, 0.29) is 24.8 Å². The summed E-state index contributed by atoms with van der Waals surface area (Å²) in [6.45, 7) is 2.08. The minimum Gasteiger partial charge on any atom is -0.352 e. The van der Waals surface area contributed by atoms with Crippen molar-refractivity contribution in [1.82, 2.24) is 20.3 Å². The number of H-pyrrole nitrogens is 1. The number of hydrogen-bond acceptors (Lipinski definition) is 4. The van der Waals surface area contributed by atoms with E-state index in [1.54, 1.807) is 6.20 Å². The topological polar surface area (TPSA) is 65.6 Å². The highest BCUT2D eigenvalue weighted by molar-refractivity contribution is 5.85. The first kappa shape index (κ1) is 14.0. The first-order chi connectivity index (χ1) is 7.42. The second-order valence-electron chi connectivity index (χ2n) is 3.79. The maximum Gasteiger partial charge on any atom is 0.202 e. The molecule has 3 rings (SSSR count). The highest BCUT2D eigenvalue weighted by Crippen LogP contribution is 2.13. The predicted molar refractivity (Wildman–Crippen MR) is 73.3 cm³/mol. The Morgan fingerprint density at radius 3 is 2.94 bits per heavy atom. The smallest absolute Gasteiger partial charge is 0.202 e. The van der Waals surface area contributed by atoms with Gasteiger partial charge in [-0.05, 0) is 25.1 Å². The van der Waals surface area contributed by atoms with Crippen LogP contribution in [0, 0.1) is 0 Å². The van der Waals surface area contributed by atoms with Gasteiger partial charge in [0.2, 0.25) is 5.95 Å². The number of rotatable bonds is 2. The maximum atomic E-state index is 4.37. The minimum atomic E-state index is 0. The van der Waals surface area contributed by atoms with Gasteiger partial charge in [0.1, 0.15) is 0 Å². The van der Waals surface area contributed by atoms with E-state index in [9.17, 15) is 0 Å². The van der Waals surface area contributed by atoms with Crippen molar-refractivity contribution in [2.45, 2.75) is 12.5 Å². The van der Waals surface area contributed by atoms with E-state index in [2.05, 4.69) is 25.6 Å². The quantitative estimate of drug-likeness (QED) is 0.779. The van der Waals surface area contributed by atoms with Gasteiger partial charge in [0, 0.05) is 18.8 Å². The summed E-state index contributed by atoms with van der Waals surface area (Å²) in [5.41, 5.74) is 1.75. The summed E-state index contributed by atoms with van der Waals surface area (Å²) in [6.07, 6.45) is 2.90. The molecule has 0 bridgehead atoms. The molecule has 0 spiro atoms. The van der Waals surface area contributed by atoms with Gasteiger partial charge in [-0.2, -0.15) is 4.98 Å². The molecule has 1 atom stereocenters. The Hall–Kier alpha value is -1.04. The molecule has 1 saturated heterocycles. The number of nitrogens with zero attached hydrogens (tertiary/aromatic N) is 2. The third-order valence-electron chi connectivity index (χ3n) is 2.66. The molecule has 0 aromatic carbocycles. The summed E-state index contributed by atoms with van der Waals surface area (Å²) in [6, 6.07) is 4.36. The number of fused-ring (bicyclic) bond motifs is 1. The Morgan fingerprint density at radius 1 is 1.35 bits per heavy atom. The van der Waals surface area contributed by atoms with Crippen LogP contribution < -0.4 is 10.6 Å².